The van der Waals surface area contributed by atoms with Crippen molar-refractivity contribution in [2.45, 2.75) is 26.2 Å². The van der Waals surface area contributed by atoms with Crippen molar-refractivity contribution in [3.8, 4) is 0 Å². The predicted octanol–water partition coefficient (Wildman–Crippen LogP) is 2.42. The van der Waals surface area contributed by atoms with Gasteiger partial charge in [0.15, 0.2) is 0 Å². The zero-order valence-corrected chi connectivity index (χ0v) is 8.74. The zero-order chi connectivity index (χ0) is 9.84. The van der Waals surface area contributed by atoms with Crippen molar-refractivity contribution >= 4 is 23.2 Å². The minimum absolute atomic E-state index is 0.210. The summed E-state index contributed by atoms with van der Waals surface area (Å²) in [6.07, 6.45) is 2.77. The maximum absolute atomic E-state index is 10.8. The molecule has 0 unspecified atom stereocenters. The molecule has 0 saturated carbocycles. The van der Waals surface area contributed by atoms with Gasteiger partial charge in [-0.2, -0.15) is 4.98 Å². The van der Waals surface area contributed by atoms with E-state index in [1.54, 1.807) is 0 Å². The SMILES string of the molecule is CCCCc1c(Cl)nc(=O)[nH]c1Cl. The number of aromatic nitrogens is 2. The van der Waals surface area contributed by atoms with Gasteiger partial charge in [0.1, 0.15) is 10.3 Å². The highest BCUT2D eigenvalue weighted by atomic mass is 35.5. The van der Waals surface area contributed by atoms with E-state index in [0.29, 0.717) is 5.15 Å². The van der Waals surface area contributed by atoms with Crippen molar-refractivity contribution in [3.05, 3.63) is 26.4 Å². The van der Waals surface area contributed by atoms with Crippen LogP contribution in [0.3, 0.4) is 0 Å². The Morgan fingerprint density at radius 2 is 2.15 bits per heavy atom. The number of rotatable bonds is 3. The Hall–Kier alpha value is -0.540. The molecule has 13 heavy (non-hydrogen) atoms. The molecule has 0 aliphatic rings. The number of hydrogen-bond donors (Lipinski definition) is 1. The monoisotopic (exact) mass is 220 g/mol. The molecule has 72 valence electrons. The Balaban J connectivity index is 2.99. The fourth-order valence-electron chi connectivity index (χ4n) is 1.01. The molecule has 3 nitrogen and oxygen atoms in total. The van der Waals surface area contributed by atoms with Gasteiger partial charge in [0, 0.05) is 5.56 Å². The van der Waals surface area contributed by atoms with Crippen LogP contribution in [0.5, 0.6) is 0 Å². The van der Waals surface area contributed by atoms with Gasteiger partial charge in [-0.3, -0.25) is 4.98 Å². The highest BCUT2D eigenvalue weighted by molar-refractivity contribution is 6.34. The molecular formula is C8H10Cl2N2O. The van der Waals surface area contributed by atoms with Crippen LogP contribution in [0.1, 0.15) is 25.3 Å². The van der Waals surface area contributed by atoms with Gasteiger partial charge in [0.05, 0.1) is 0 Å². The maximum atomic E-state index is 10.8. The molecule has 1 aromatic heterocycles. The van der Waals surface area contributed by atoms with Crippen molar-refractivity contribution in [2.24, 2.45) is 0 Å². The van der Waals surface area contributed by atoms with Gasteiger partial charge in [-0.15, -0.1) is 0 Å². The second kappa shape index (κ2) is 4.63. The smallest absolute Gasteiger partial charge is 0.296 e. The van der Waals surface area contributed by atoms with Crippen LogP contribution in [0.4, 0.5) is 0 Å². The van der Waals surface area contributed by atoms with Gasteiger partial charge in [-0.1, -0.05) is 36.5 Å². The fourth-order valence-corrected chi connectivity index (χ4v) is 1.59. The lowest BCUT2D eigenvalue weighted by molar-refractivity contribution is 0.786. The van der Waals surface area contributed by atoms with Crippen LogP contribution in [0, 0.1) is 0 Å². The quantitative estimate of drug-likeness (QED) is 0.796. The van der Waals surface area contributed by atoms with Crippen LogP contribution in [0.15, 0.2) is 4.79 Å². The van der Waals surface area contributed by atoms with Crippen molar-refractivity contribution in [1.29, 1.82) is 0 Å². The third-order valence-electron chi connectivity index (χ3n) is 1.71. The molecule has 0 aliphatic carbocycles. The van der Waals surface area contributed by atoms with Gasteiger partial charge in [-0.25, -0.2) is 4.79 Å². The molecular weight excluding hydrogens is 211 g/mol. The summed E-state index contributed by atoms with van der Waals surface area (Å²) in [6.45, 7) is 2.07. The molecule has 0 fully saturated rings. The zero-order valence-electron chi connectivity index (χ0n) is 7.23. The Labute approximate surface area is 86.1 Å². The standard InChI is InChI=1S/C8H10Cl2N2O/c1-2-3-4-5-6(9)11-8(13)12-7(5)10/h2-4H2,1H3,(H,11,12,13). The average molecular weight is 221 g/mol. The number of nitrogens with zero attached hydrogens (tertiary/aromatic N) is 1. The number of halogens is 2. The highest BCUT2D eigenvalue weighted by Crippen LogP contribution is 2.20. The summed E-state index contributed by atoms with van der Waals surface area (Å²) in [5.41, 5.74) is 0.222. The van der Waals surface area contributed by atoms with Crippen molar-refractivity contribution in [1.82, 2.24) is 9.97 Å². The third-order valence-corrected chi connectivity index (χ3v) is 2.35. The molecule has 0 aliphatic heterocycles. The Kier molecular flexibility index (Phi) is 3.75. The van der Waals surface area contributed by atoms with Crippen molar-refractivity contribution in [3.63, 3.8) is 0 Å². The molecule has 0 amide bonds. The maximum Gasteiger partial charge on any atom is 0.347 e. The molecule has 0 aromatic carbocycles. The summed E-state index contributed by atoms with van der Waals surface area (Å²) in [6, 6.07) is 0. The second-order valence-electron chi connectivity index (χ2n) is 2.73. The lowest BCUT2D eigenvalue weighted by Gasteiger charge is -2.03. The minimum Gasteiger partial charge on any atom is -0.296 e. The number of aromatic amines is 1. The first-order chi connectivity index (χ1) is 6.15. The first-order valence-corrected chi connectivity index (χ1v) is 4.85. The van der Waals surface area contributed by atoms with Crippen LogP contribution in [-0.2, 0) is 6.42 Å². The Bertz CT molecular complexity index is 322. The normalized spacial score (nSPS) is 10.4. The third kappa shape index (κ3) is 2.71. The lowest BCUT2D eigenvalue weighted by atomic mass is 10.1. The molecule has 1 aromatic rings. The van der Waals surface area contributed by atoms with Crippen molar-refractivity contribution in [2.75, 3.05) is 0 Å². The molecule has 1 N–H and O–H groups in total. The van der Waals surface area contributed by atoms with Crippen LogP contribution in [0.2, 0.25) is 10.3 Å². The van der Waals surface area contributed by atoms with Gasteiger partial charge >= 0.3 is 5.69 Å². The van der Waals surface area contributed by atoms with Gasteiger partial charge < -0.3 is 0 Å². The lowest BCUT2D eigenvalue weighted by Crippen LogP contribution is -2.12. The molecule has 0 radical (unpaired) electrons. The van der Waals surface area contributed by atoms with E-state index >= 15 is 0 Å². The number of nitrogens with one attached hydrogen (secondary N) is 1. The van der Waals surface area contributed by atoms with Crippen LogP contribution in [0.25, 0.3) is 0 Å². The first-order valence-electron chi connectivity index (χ1n) is 4.09. The number of unbranched alkanes of at least 4 members (excludes halogenated alkanes) is 1. The minimum atomic E-state index is -0.504. The number of H-pyrrole nitrogens is 1. The van der Waals surface area contributed by atoms with E-state index in [-0.39, 0.29) is 5.15 Å². The summed E-state index contributed by atoms with van der Waals surface area (Å²) in [5, 5.41) is 0.514. The van der Waals surface area contributed by atoms with Gasteiger partial charge in [0.25, 0.3) is 0 Å². The van der Waals surface area contributed by atoms with Crippen LogP contribution in [-0.4, -0.2) is 9.97 Å². The van der Waals surface area contributed by atoms with Gasteiger partial charge in [0.2, 0.25) is 0 Å². The van der Waals surface area contributed by atoms with E-state index < -0.39 is 5.69 Å². The largest absolute Gasteiger partial charge is 0.347 e. The molecule has 0 atom stereocenters. The molecule has 1 rings (SSSR count). The van der Waals surface area contributed by atoms with E-state index in [1.807, 2.05) is 0 Å². The van der Waals surface area contributed by atoms with Crippen LogP contribution < -0.4 is 5.69 Å². The van der Waals surface area contributed by atoms with E-state index in [4.69, 9.17) is 23.2 Å². The summed E-state index contributed by atoms with van der Waals surface area (Å²) >= 11 is 11.5. The van der Waals surface area contributed by atoms with Crippen molar-refractivity contribution < 1.29 is 0 Å². The summed E-state index contributed by atoms with van der Waals surface area (Å²) in [5.74, 6) is 0. The van der Waals surface area contributed by atoms with E-state index in [0.717, 1.165) is 24.8 Å². The topological polar surface area (TPSA) is 45.8 Å². The van der Waals surface area contributed by atoms with E-state index in [2.05, 4.69) is 16.9 Å². The molecule has 0 spiro atoms. The van der Waals surface area contributed by atoms with E-state index in [9.17, 15) is 4.79 Å². The molecule has 0 bridgehead atoms. The second-order valence-corrected chi connectivity index (χ2v) is 3.46. The summed E-state index contributed by atoms with van der Waals surface area (Å²) < 4.78 is 0. The van der Waals surface area contributed by atoms with E-state index in [1.165, 1.54) is 0 Å². The van der Waals surface area contributed by atoms with Crippen LogP contribution >= 0.6 is 23.2 Å². The summed E-state index contributed by atoms with van der Waals surface area (Å²) in [4.78, 5) is 16.8. The number of hydrogen-bond acceptors (Lipinski definition) is 2. The molecule has 0 saturated heterocycles. The fraction of sp³-hybridized carbons (Fsp3) is 0.500. The predicted molar refractivity (Wildman–Crippen MR) is 53.5 cm³/mol. The average Bonchev–Trinajstić information content (AvgIpc) is 2.02. The van der Waals surface area contributed by atoms with Gasteiger partial charge in [-0.05, 0) is 12.8 Å². The Morgan fingerprint density at radius 3 is 2.69 bits per heavy atom. The summed E-state index contributed by atoms with van der Waals surface area (Å²) in [7, 11) is 0. The highest BCUT2D eigenvalue weighted by Gasteiger charge is 2.07. The first kappa shape index (κ1) is 10.5. The Morgan fingerprint density at radius 1 is 1.46 bits per heavy atom. The molecule has 5 heteroatoms. The molecule has 1 heterocycles.